The molecule has 184 valence electrons. The highest BCUT2D eigenvalue weighted by Gasteiger charge is 2.45. The highest BCUT2D eigenvalue weighted by atomic mass is 16.5. The Morgan fingerprint density at radius 3 is 1.44 bits per heavy atom. The Kier molecular flexibility index (Phi) is 7.63. The highest BCUT2D eigenvalue weighted by molar-refractivity contribution is 5.88. The molecule has 0 aliphatic carbocycles. The molecule has 2 saturated heterocycles. The molecule has 2 rings (SSSR count). The van der Waals surface area contributed by atoms with E-state index in [2.05, 4.69) is 85.9 Å². The van der Waals surface area contributed by atoms with Crippen molar-refractivity contribution in [1.82, 2.24) is 9.80 Å². The van der Waals surface area contributed by atoms with Gasteiger partial charge in [-0.3, -0.25) is 14.6 Å². The van der Waals surface area contributed by atoms with Gasteiger partial charge in [0.2, 0.25) is 0 Å². The molecule has 0 N–H and O–H groups in total. The molecule has 6 nitrogen and oxygen atoms in total. The summed E-state index contributed by atoms with van der Waals surface area (Å²) in [5.41, 5.74) is 0.118. The van der Waals surface area contributed by atoms with E-state index in [0.29, 0.717) is 5.57 Å². The van der Waals surface area contributed by atoms with E-state index in [1.807, 2.05) is 0 Å². The summed E-state index contributed by atoms with van der Waals surface area (Å²) in [6, 6.07) is 0. The van der Waals surface area contributed by atoms with Crippen LogP contribution in [-0.2, 0) is 19.1 Å². The fourth-order valence-corrected chi connectivity index (χ4v) is 5.56. The molecule has 0 unspecified atom stereocenters. The predicted molar refractivity (Wildman–Crippen MR) is 128 cm³/mol. The minimum Gasteiger partial charge on any atom is -0.462 e. The van der Waals surface area contributed by atoms with E-state index in [1.54, 1.807) is 0 Å². The first kappa shape index (κ1) is 26.8. The van der Waals surface area contributed by atoms with Crippen LogP contribution < -0.4 is 0 Å². The summed E-state index contributed by atoms with van der Waals surface area (Å²) >= 11 is 0. The molecule has 2 aliphatic heterocycles. The molecule has 0 saturated carbocycles. The molecule has 0 aromatic carbocycles. The molecule has 0 amide bonds. The van der Waals surface area contributed by atoms with Crippen LogP contribution in [0.3, 0.4) is 0 Å². The van der Waals surface area contributed by atoms with Crippen molar-refractivity contribution in [3.05, 3.63) is 12.2 Å². The third-order valence-corrected chi connectivity index (χ3v) is 8.03. The maximum absolute atomic E-state index is 12.6. The normalized spacial score (nSPS) is 25.8. The van der Waals surface area contributed by atoms with Crippen molar-refractivity contribution >= 4 is 11.9 Å². The summed E-state index contributed by atoms with van der Waals surface area (Å²) in [6.07, 6.45) is 3.27. The second-order valence-corrected chi connectivity index (χ2v) is 12.4. The van der Waals surface area contributed by atoms with E-state index in [-0.39, 0.29) is 53.2 Å². The van der Waals surface area contributed by atoms with Gasteiger partial charge in [-0.2, -0.15) is 0 Å². The van der Waals surface area contributed by atoms with Crippen molar-refractivity contribution in [2.45, 2.75) is 128 Å². The van der Waals surface area contributed by atoms with Crippen LogP contribution in [0, 0.1) is 0 Å². The summed E-state index contributed by atoms with van der Waals surface area (Å²) in [5, 5.41) is 0. The number of carbonyl (C=O) groups excluding carboxylic acids is 2. The number of piperidine rings is 2. The zero-order valence-electron chi connectivity index (χ0n) is 22.1. The topological polar surface area (TPSA) is 59.1 Å². The molecule has 0 spiro atoms. The van der Waals surface area contributed by atoms with Gasteiger partial charge >= 0.3 is 11.9 Å². The lowest BCUT2D eigenvalue weighted by molar-refractivity contribution is -0.158. The lowest BCUT2D eigenvalue weighted by Gasteiger charge is -2.53. The van der Waals surface area contributed by atoms with Crippen LogP contribution in [0.5, 0.6) is 0 Å². The van der Waals surface area contributed by atoms with E-state index in [0.717, 1.165) is 25.7 Å². The largest absolute Gasteiger partial charge is 0.462 e. The van der Waals surface area contributed by atoms with Crippen molar-refractivity contribution in [1.29, 1.82) is 0 Å². The molecule has 0 aromatic rings. The van der Waals surface area contributed by atoms with Crippen molar-refractivity contribution in [2.75, 3.05) is 14.1 Å². The molecular weight excluding hydrogens is 404 g/mol. The van der Waals surface area contributed by atoms with Crippen LogP contribution in [0.1, 0.15) is 93.9 Å². The standard InChI is InChI=1S/C26H46N2O4/c1-18(22(30)32-20-16-25(6,7)28(11)26(8,9)17-20)12-13-21(29)31-19-14-23(2,3)27(10)24(4,5)15-19/h19-20H,1,12-17H2,2-11H3. The van der Waals surface area contributed by atoms with Crippen molar-refractivity contribution in [3.8, 4) is 0 Å². The first-order valence-electron chi connectivity index (χ1n) is 11.9. The van der Waals surface area contributed by atoms with E-state index in [9.17, 15) is 9.59 Å². The summed E-state index contributed by atoms with van der Waals surface area (Å²) in [6.45, 7) is 21.3. The molecule has 2 heterocycles. The van der Waals surface area contributed by atoms with Crippen molar-refractivity contribution in [3.63, 3.8) is 0 Å². The molecule has 2 fully saturated rings. The molecule has 0 aromatic heterocycles. The molecule has 6 heteroatoms. The van der Waals surface area contributed by atoms with Crippen molar-refractivity contribution < 1.29 is 19.1 Å². The summed E-state index contributed by atoms with van der Waals surface area (Å²) in [4.78, 5) is 29.8. The number of hydrogen-bond donors (Lipinski definition) is 0. The van der Waals surface area contributed by atoms with Gasteiger partial charge in [0.1, 0.15) is 12.2 Å². The monoisotopic (exact) mass is 450 g/mol. The van der Waals surface area contributed by atoms with E-state index >= 15 is 0 Å². The predicted octanol–water partition coefficient (Wildman–Crippen LogP) is 4.71. The van der Waals surface area contributed by atoms with Crippen LogP contribution in [0.25, 0.3) is 0 Å². The van der Waals surface area contributed by atoms with Crippen LogP contribution in [-0.4, -0.2) is 70.2 Å². The van der Waals surface area contributed by atoms with Gasteiger partial charge in [-0.05, 0) is 75.9 Å². The SMILES string of the molecule is C=C(CCC(=O)OC1CC(C)(C)N(C)C(C)(C)C1)C(=O)OC1CC(C)(C)N(C)C(C)(C)C1. The Bertz CT molecular complexity index is 702. The number of nitrogens with zero attached hydrogens (tertiary/aromatic N) is 2. The molecule has 0 atom stereocenters. The number of esters is 2. The second-order valence-electron chi connectivity index (χ2n) is 12.4. The lowest BCUT2D eigenvalue weighted by Crippen LogP contribution is -2.60. The minimum absolute atomic E-state index is 0.0459. The quantitative estimate of drug-likeness (QED) is 0.431. The molecule has 0 bridgehead atoms. The van der Waals surface area contributed by atoms with Gasteiger partial charge in [-0.1, -0.05) is 6.58 Å². The summed E-state index contributed by atoms with van der Waals surface area (Å²) < 4.78 is 11.6. The number of likely N-dealkylation sites (tertiary alicyclic amines) is 2. The van der Waals surface area contributed by atoms with Crippen LogP contribution in [0.4, 0.5) is 0 Å². The Hall–Kier alpha value is -1.40. The minimum atomic E-state index is -0.402. The number of hydrogen-bond acceptors (Lipinski definition) is 6. The molecular formula is C26H46N2O4. The smallest absolute Gasteiger partial charge is 0.333 e. The number of ether oxygens (including phenoxy) is 2. The molecule has 0 radical (unpaired) electrons. The van der Waals surface area contributed by atoms with Crippen molar-refractivity contribution in [2.24, 2.45) is 0 Å². The third kappa shape index (κ3) is 6.13. The van der Waals surface area contributed by atoms with Crippen LogP contribution in [0.2, 0.25) is 0 Å². The summed E-state index contributed by atoms with van der Waals surface area (Å²) in [5.74, 6) is -0.679. The Morgan fingerprint density at radius 2 is 1.06 bits per heavy atom. The third-order valence-electron chi connectivity index (χ3n) is 8.03. The van der Waals surface area contributed by atoms with E-state index < -0.39 is 5.97 Å². The fourth-order valence-electron chi connectivity index (χ4n) is 5.56. The van der Waals surface area contributed by atoms with Gasteiger partial charge in [0.15, 0.2) is 0 Å². The maximum Gasteiger partial charge on any atom is 0.333 e. The lowest BCUT2D eigenvalue weighted by atomic mass is 9.78. The van der Waals surface area contributed by atoms with Gasteiger partial charge in [-0.15, -0.1) is 0 Å². The first-order valence-corrected chi connectivity index (χ1v) is 11.9. The highest BCUT2D eigenvalue weighted by Crippen LogP contribution is 2.39. The van der Waals surface area contributed by atoms with Gasteiger partial charge in [-0.25, -0.2) is 4.79 Å². The van der Waals surface area contributed by atoms with Gasteiger partial charge in [0.25, 0.3) is 0 Å². The average Bonchev–Trinajstić information content (AvgIpc) is 2.61. The first-order chi connectivity index (χ1) is 14.4. The Labute approximate surface area is 195 Å². The number of rotatable bonds is 6. The van der Waals surface area contributed by atoms with Gasteiger partial charge in [0.05, 0.1) is 0 Å². The molecule has 2 aliphatic rings. The maximum atomic E-state index is 12.6. The van der Waals surface area contributed by atoms with E-state index in [1.165, 1.54) is 0 Å². The molecule has 32 heavy (non-hydrogen) atoms. The Morgan fingerprint density at radius 1 is 0.719 bits per heavy atom. The second kappa shape index (κ2) is 9.09. The Balaban J connectivity index is 1.85. The van der Waals surface area contributed by atoms with Crippen LogP contribution in [0.15, 0.2) is 12.2 Å². The average molecular weight is 451 g/mol. The van der Waals surface area contributed by atoms with Crippen LogP contribution >= 0.6 is 0 Å². The van der Waals surface area contributed by atoms with Gasteiger partial charge < -0.3 is 9.47 Å². The summed E-state index contributed by atoms with van der Waals surface area (Å²) in [7, 11) is 4.25. The zero-order chi connectivity index (χ0) is 24.7. The fraction of sp³-hybridized carbons (Fsp3) is 0.846. The number of carbonyl (C=O) groups is 2. The van der Waals surface area contributed by atoms with E-state index in [4.69, 9.17) is 9.47 Å². The van der Waals surface area contributed by atoms with Gasteiger partial charge in [0, 0.05) is 59.8 Å². The zero-order valence-corrected chi connectivity index (χ0v) is 22.1.